The number of amides is 1. The normalized spacial score (nSPS) is 17.1. The van der Waals surface area contributed by atoms with E-state index in [0.717, 1.165) is 34.7 Å². The molecule has 0 N–H and O–H groups in total. The van der Waals surface area contributed by atoms with E-state index in [-0.39, 0.29) is 17.8 Å². The summed E-state index contributed by atoms with van der Waals surface area (Å²) in [5, 5.41) is 5.61. The number of likely N-dealkylation sites (tertiary alicyclic amines) is 1. The first kappa shape index (κ1) is 27.3. The van der Waals surface area contributed by atoms with Crippen LogP contribution in [0.3, 0.4) is 0 Å². The zero-order valence-electron chi connectivity index (χ0n) is 22.2. The van der Waals surface area contributed by atoms with Crippen LogP contribution >= 0.6 is 23.5 Å². The minimum Gasteiger partial charge on any atom is -0.466 e. The first-order chi connectivity index (χ1) is 19.1. The van der Waals surface area contributed by atoms with Gasteiger partial charge in [-0.25, -0.2) is 4.68 Å². The van der Waals surface area contributed by atoms with Crippen LogP contribution < -0.4 is 0 Å². The van der Waals surface area contributed by atoms with Crippen molar-refractivity contribution in [3.8, 4) is 16.9 Å². The summed E-state index contributed by atoms with van der Waals surface area (Å²) in [4.78, 5) is 33.3. The summed E-state index contributed by atoms with van der Waals surface area (Å²) in [6, 6.07) is 18.4. The maximum atomic E-state index is 13.0. The van der Waals surface area contributed by atoms with E-state index in [1.165, 1.54) is 16.7 Å². The lowest BCUT2D eigenvalue weighted by atomic mass is 9.97. The van der Waals surface area contributed by atoms with Crippen molar-refractivity contribution in [2.75, 3.05) is 25.4 Å². The third-order valence-corrected chi connectivity index (χ3v) is 8.91. The summed E-state index contributed by atoms with van der Waals surface area (Å²) in [6.45, 7) is 5.76. The Morgan fingerprint density at radius 2 is 1.85 bits per heavy atom. The number of nitrogens with zero attached hydrogens (tertiary/aromatic N) is 4. The van der Waals surface area contributed by atoms with Crippen molar-refractivity contribution in [2.45, 2.75) is 38.0 Å². The van der Waals surface area contributed by atoms with Crippen LogP contribution in [0.5, 0.6) is 0 Å². The Balaban J connectivity index is 1.37. The van der Waals surface area contributed by atoms with Gasteiger partial charge in [0.05, 0.1) is 28.8 Å². The van der Waals surface area contributed by atoms with E-state index in [0.29, 0.717) is 42.6 Å². The van der Waals surface area contributed by atoms with Crippen molar-refractivity contribution in [3.63, 3.8) is 0 Å². The first-order valence-electron chi connectivity index (χ1n) is 13.4. The quantitative estimate of drug-likeness (QED) is 0.182. The van der Waals surface area contributed by atoms with Gasteiger partial charge in [0.1, 0.15) is 0 Å². The molecule has 0 unspecified atom stereocenters. The topological polar surface area (TPSA) is 76.8 Å². The monoisotopic (exact) mass is 560 g/mol. The number of esters is 1. The van der Waals surface area contributed by atoms with Crippen LogP contribution in [0.4, 0.5) is 0 Å². The van der Waals surface area contributed by atoms with Gasteiger partial charge in [-0.05, 0) is 74.0 Å². The standard InChI is InChI=1S/C30H32N4O3S2/c1-3-18-38-25-12-10-21(11-13-25)27-23(20-34(32-27)24-8-6-5-7-9-24)19-26-28(35)31-30(39-26)33-16-14-22(15-17-33)29(36)37-4-2/h5-13,19-20,22H,3-4,14-18H2,1-2H3. The van der Waals surface area contributed by atoms with E-state index in [4.69, 9.17) is 9.84 Å². The number of piperidine rings is 1. The van der Waals surface area contributed by atoms with Crippen LogP contribution in [0.25, 0.3) is 23.0 Å². The number of thioether (sulfide) groups is 2. The number of aliphatic imine (C=N–C) groups is 1. The van der Waals surface area contributed by atoms with Crippen LogP contribution in [0.2, 0.25) is 0 Å². The minimum absolute atomic E-state index is 0.0861. The Labute approximate surface area is 237 Å². The second kappa shape index (κ2) is 12.7. The third-order valence-electron chi connectivity index (χ3n) is 6.65. The van der Waals surface area contributed by atoms with Crippen LogP contribution in [-0.4, -0.2) is 57.2 Å². The van der Waals surface area contributed by atoms with Gasteiger partial charge in [-0.1, -0.05) is 37.3 Å². The number of hydrogen-bond acceptors (Lipinski definition) is 7. The molecular weight excluding hydrogens is 528 g/mol. The highest BCUT2D eigenvalue weighted by Gasteiger charge is 2.32. The number of aromatic nitrogens is 2. The third kappa shape index (κ3) is 6.47. The van der Waals surface area contributed by atoms with Gasteiger partial charge in [-0.15, -0.1) is 11.8 Å². The molecule has 3 heterocycles. The van der Waals surface area contributed by atoms with E-state index in [9.17, 15) is 9.59 Å². The second-order valence-electron chi connectivity index (χ2n) is 9.41. The number of rotatable bonds is 8. The van der Waals surface area contributed by atoms with Gasteiger partial charge in [0.15, 0.2) is 5.17 Å². The predicted octanol–water partition coefficient (Wildman–Crippen LogP) is 6.29. The maximum Gasteiger partial charge on any atom is 0.309 e. The molecule has 3 aromatic rings. The number of benzene rings is 2. The van der Waals surface area contributed by atoms with Gasteiger partial charge in [0, 0.05) is 35.3 Å². The number of carbonyl (C=O) groups is 2. The molecule has 1 fully saturated rings. The van der Waals surface area contributed by atoms with Crippen molar-refractivity contribution in [3.05, 3.63) is 71.3 Å². The first-order valence-corrected chi connectivity index (χ1v) is 15.2. The smallest absolute Gasteiger partial charge is 0.309 e. The lowest BCUT2D eigenvalue weighted by Gasteiger charge is -2.31. The molecule has 5 rings (SSSR count). The Kier molecular flexibility index (Phi) is 8.88. The largest absolute Gasteiger partial charge is 0.466 e. The predicted molar refractivity (Wildman–Crippen MR) is 159 cm³/mol. The molecule has 0 aliphatic carbocycles. The summed E-state index contributed by atoms with van der Waals surface area (Å²) in [7, 11) is 0. The molecular formula is C30H32N4O3S2. The van der Waals surface area contributed by atoms with E-state index in [1.807, 2.05) is 66.0 Å². The SMILES string of the molecule is CCCSc1ccc(-c2nn(-c3ccccc3)cc2C=C2SC(N3CCC(C(=O)OCC)CC3)=NC2=O)cc1. The van der Waals surface area contributed by atoms with E-state index in [2.05, 4.69) is 41.1 Å². The molecule has 2 aliphatic heterocycles. The second-order valence-corrected chi connectivity index (χ2v) is 11.6. The van der Waals surface area contributed by atoms with Crippen molar-refractivity contribution in [2.24, 2.45) is 10.9 Å². The molecule has 7 nitrogen and oxygen atoms in total. The summed E-state index contributed by atoms with van der Waals surface area (Å²) in [5.74, 6) is 0.626. The van der Waals surface area contributed by atoms with E-state index < -0.39 is 0 Å². The molecule has 39 heavy (non-hydrogen) atoms. The fraction of sp³-hybridized carbons (Fsp3) is 0.333. The van der Waals surface area contributed by atoms with Gasteiger partial charge in [0.25, 0.3) is 5.91 Å². The molecule has 202 valence electrons. The summed E-state index contributed by atoms with van der Waals surface area (Å²) in [5.41, 5.74) is 3.62. The average molecular weight is 561 g/mol. The van der Waals surface area contributed by atoms with Gasteiger partial charge < -0.3 is 9.64 Å². The highest BCUT2D eigenvalue weighted by molar-refractivity contribution is 8.18. The molecule has 0 bridgehead atoms. The fourth-order valence-electron chi connectivity index (χ4n) is 4.60. The van der Waals surface area contributed by atoms with Crippen molar-refractivity contribution in [1.29, 1.82) is 0 Å². The van der Waals surface area contributed by atoms with Crippen LogP contribution in [0.15, 0.2) is 75.6 Å². The maximum absolute atomic E-state index is 13.0. The number of hydrogen-bond donors (Lipinski definition) is 0. The lowest BCUT2D eigenvalue weighted by molar-refractivity contribution is -0.149. The van der Waals surface area contributed by atoms with Crippen molar-refractivity contribution in [1.82, 2.24) is 14.7 Å². The fourth-order valence-corrected chi connectivity index (χ4v) is 6.32. The molecule has 1 aromatic heterocycles. The Morgan fingerprint density at radius 1 is 1.10 bits per heavy atom. The van der Waals surface area contributed by atoms with Crippen LogP contribution in [0, 0.1) is 5.92 Å². The van der Waals surface area contributed by atoms with E-state index >= 15 is 0 Å². The number of amidine groups is 1. The summed E-state index contributed by atoms with van der Waals surface area (Å²) >= 11 is 3.24. The molecule has 1 amide bonds. The molecule has 2 aliphatic rings. The van der Waals surface area contributed by atoms with Crippen LogP contribution in [0.1, 0.15) is 38.7 Å². The van der Waals surface area contributed by atoms with Gasteiger partial charge in [-0.2, -0.15) is 10.1 Å². The van der Waals surface area contributed by atoms with Gasteiger partial charge >= 0.3 is 5.97 Å². The molecule has 0 spiro atoms. The highest BCUT2D eigenvalue weighted by atomic mass is 32.2. The Morgan fingerprint density at radius 3 is 2.54 bits per heavy atom. The summed E-state index contributed by atoms with van der Waals surface area (Å²) < 4.78 is 7.04. The summed E-state index contributed by atoms with van der Waals surface area (Å²) in [6.07, 6.45) is 6.40. The number of carbonyl (C=O) groups excluding carboxylic acids is 2. The van der Waals surface area contributed by atoms with Crippen LogP contribution in [-0.2, 0) is 14.3 Å². The van der Waals surface area contributed by atoms with Crippen molar-refractivity contribution >= 4 is 46.6 Å². The molecule has 0 saturated carbocycles. The number of para-hydroxylation sites is 1. The van der Waals surface area contributed by atoms with Crippen molar-refractivity contribution < 1.29 is 14.3 Å². The molecule has 9 heteroatoms. The lowest BCUT2D eigenvalue weighted by Crippen LogP contribution is -2.39. The molecule has 1 saturated heterocycles. The average Bonchev–Trinajstić information content (AvgIpc) is 3.56. The molecule has 0 radical (unpaired) electrons. The highest BCUT2D eigenvalue weighted by Crippen LogP contribution is 2.35. The van der Waals surface area contributed by atoms with E-state index in [1.54, 1.807) is 0 Å². The minimum atomic E-state index is -0.243. The zero-order valence-corrected chi connectivity index (χ0v) is 23.8. The number of ether oxygens (including phenoxy) is 1. The van der Waals surface area contributed by atoms with Gasteiger partial charge in [0.2, 0.25) is 0 Å². The van der Waals surface area contributed by atoms with Gasteiger partial charge in [-0.3, -0.25) is 9.59 Å². The Bertz CT molecular complexity index is 1370. The molecule has 0 atom stereocenters. The zero-order chi connectivity index (χ0) is 27.2. The Hall–Kier alpha value is -3.30. The molecule has 2 aromatic carbocycles.